The zero-order chi connectivity index (χ0) is 44.5. The number of ether oxygens (including phenoxy) is 5. The van der Waals surface area contributed by atoms with Gasteiger partial charge in [0.1, 0.15) is 28.3 Å². The number of anilines is 2. The number of amides is 1. The molecule has 63 heavy (non-hydrogen) atoms. The van der Waals surface area contributed by atoms with Gasteiger partial charge in [-0.3, -0.25) is 19.0 Å². The van der Waals surface area contributed by atoms with Crippen molar-refractivity contribution in [1.29, 1.82) is 0 Å². The van der Waals surface area contributed by atoms with Crippen LogP contribution in [-0.2, 0) is 34.3 Å². The fourth-order valence-corrected chi connectivity index (χ4v) is 8.79. The molecule has 4 aliphatic rings. The van der Waals surface area contributed by atoms with E-state index < -0.39 is 42.9 Å². The molecule has 6 rings (SSSR count). The molecule has 5 N–H and O–H groups in total. The van der Waals surface area contributed by atoms with E-state index >= 15 is 0 Å². The Kier molecular flexibility index (Phi) is 19.8. The largest absolute Gasteiger partial charge is 0.486 e. The molecule has 0 aliphatic carbocycles. The number of benzene rings is 2. The summed E-state index contributed by atoms with van der Waals surface area (Å²) in [5.41, 5.74) is 5.47. The normalized spacial score (nSPS) is 18.2. The lowest BCUT2D eigenvalue weighted by Crippen LogP contribution is -2.51. The lowest BCUT2D eigenvalue weighted by atomic mass is 9.82. The summed E-state index contributed by atoms with van der Waals surface area (Å²) in [4.78, 5) is 41.7. The molecule has 356 valence electrons. The standard InChI is InChI=1S/C23H35N3O7S.C18H27N3O5S.2ClH/c1-22(2,3)33-21(28)24-9-13-31-14-12-26-10-7-23(8-11-26)16-19(27)18-15-17(25-34(4,29)30)5-6-20(18)32-23;1-27(23,24)20-14-2-3-17-15(12-14)16(22)13-18(26-17)4-7-21(8-5-18)9-11-25-10-6-19;;/h5-6,15,25H,7-14,16H2,1-4H3,(H,24,28);2-3,12,20H,4-11,13,19H2,1H3;2*1H. The van der Waals surface area contributed by atoms with E-state index in [0.717, 1.165) is 77.5 Å². The number of fused-ring (bicyclic) bond motifs is 2. The second kappa shape index (κ2) is 23.1. The van der Waals surface area contributed by atoms with Crippen LogP contribution in [-0.4, -0.2) is 152 Å². The Bertz CT molecular complexity index is 2090. The minimum absolute atomic E-state index is 0. The highest BCUT2D eigenvalue weighted by Gasteiger charge is 2.44. The lowest BCUT2D eigenvalue weighted by molar-refractivity contribution is -0.0152. The molecule has 2 saturated heterocycles. The van der Waals surface area contributed by atoms with Crippen LogP contribution < -0.4 is 30.0 Å². The van der Waals surface area contributed by atoms with Crippen LogP contribution in [0.25, 0.3) is 0 Å². The Labute approximate surface area is 383 Å². The van der Waals surface area contributed by atoms with Crippen molar-refractivity contribution in [3.63, 3.8) is 0 Å². The van der Waals surface area contributed by atoms with E-state index in [9.17, 15) is 31.2 Å². The molecular weight excluding hydrogens is 904 g/mol. The number of carbonyl (C=O) groups is 3. The Morgan fingerprint density at radius 1 is 0.714 bits per heavy atom. The van der Waals surface area contributed by atoms with Crippen LogP contribution >= 0.6 is 24.8 Å². The molecule has 2 fully saturated rings. The summed E-state index contributed by atoms with van der Waals surface area (Å²) in [5.74, 6) is 0.996. The summed E-state index contributed by atoms with van der Waals surface area (Å²) in [6.45, 7) is 13.4. The number of nitrogens with one attached hydrogen (secondary N) is 3. The van der Waals surface area contributed by atoms with Crippen LogP contribution in [0.4, 0.5) is 16.2 Å². The van der Waals surface area contributed by atoms with Gasteiger partial charge in [0.2, 0.25) is 20.0 Å². The summed E-state index contributed by atoms with van der Waals surface area (Å²) < 4.78 is 79.2. The number of ketones is 2. The third kappa shape index (κ3) is 17.1. The summed E-state index contributed by atoms with van der Waals surface area (Å²) in [6.07, 6.45) is 5.29. The third-order valence-electron chi connectivity index (χ3n) is 10.6. The first-order valence-corrected chi connectivity index (χ1v) is 24.4. The smallest absolute Gasteiger partial charge is 0.407 e. The van der Waals surface area contributed by atoms with Crippen LogP contribution in [0, 0.1) is 0 Å². The van der Waals surface area contributed by atoms with Crippen LogP contribution in [0.5, 0.6) is 11.5 Å². The number of nitrogens with zero attached hydrogens (tertiary/aromatic N) is 2. The molecule has 0 unspecified atom stereocenters. The van der Waals surface area contributed by atoms with Crippen LogP contribution in [0.2, 0.25) is 0 Å². The van der Waals surface area contributed by atoms with Crippen molar-refractivity contribution in [2.75, 3.05) is 101 Å². The molecular formula is C41H64Cl2N6O12S2. The molecule has 0 saturated carbocycles. The molecule has 0 atom stereocenters. The van der Waals surface area contributed by atoms with Gasteiger partial charge in [0.15, 0.2) is 11.6 Å². The number of halogens is 2. The van der Waals surface area contributed by atoms with Gasteiger partial charge in [-0.1, -0.05) is 0 Å². The van der Waals surface area contributed by atoms with Crippen molar-refractivity contribution in [3.05, 3.63) is 47.5 Å². The first-order valence-electron chi connectivity index (χ1n) is 20.6. The number of rotatable bonds is 15. The van der Waals surface area contributed by atoms with Gasteiger partial charge in [0.05, 0.1) is 62.9 Å². The zero-order valence-electron chi connectivity index (χ0n) is 36.7. The fraction of sp³-hybridized carbons (Fsp3) is 0.634. The van der Waals surface area contributed by atoms with Crippen molar-refractivity contribution >= 4 is 73.9 Å². The summed E-state index contributed by atoms with van der Waals surface area (Å²) >= 11 is 0. The van der Waals surface area contributed by atoms with E-state index in [1.54, 1.807) is 30.3 Å². The number of alkyl carbamates (subject to hydrolysis) is 1. The van der Waals surface area contributed by atoms with Gasteiger partial charge in [-0.05, 0) is 57.2 Å². The molecule has 0 radical (unpaired) electrons. The Balaban J connectivity index is 0.000000333. The number of Topliss-reactive ketones (excluding diaryl/α,β-unsaturated/α-hetero) is 2. The predicted molar refractivity (Wildman–Crippen MR) is 245 cm³/mol. The summed E-state index contributed by atoms with van der Waals surface area (Å²) in [5, 5.41) is 2.66. The molecule has 0 bridgehead atoms. The Morgan fingerprint density at radius 2 is 1.13 bits per heavy atom. The molecule has 2 spiro atoms. The monoisotopic (exact) mass is 966 g/mol. The van der Waals surface area contributed by atoms with Crippen molar-refractivity contribution in [2.24, 2.45) is 5.73 Å². The van der Waals surface area contributed by atoms with E-state index in [0.29, 0.717) is 79.9 Å². The van der Waals surface area contributed by atoms with E-state index in [2.05, 4.69) is 24.6 Å². The predicted octanol–water partition coefficient (Wildman–Crippen LogP) is 4.08. The van der Waals surface area contributed by atoms with Crippen molar-refractivity contribution in [3.8, 4) is 11.5 Å². The van der Waals surface area contributed by atoms with Gasteiger partial charge in [-0.2, -0.15) is 0 Å². The van der Waals surface area contributed by atoms with Crippen LogP contribution in [0.1, 0.15) is 80.0 Å². The number of likely N-dealkylation sites (tertiary alicyclic amines) is 2. The van der Waals surface area contributed by atoms with Crippen LogP contribution in [0.15, 0.2) is 36.4 Å². The number of hydrogen-bond acceptors (Lipinski definition) is 15. The Hall–Kier alpha value is -3.47. The van der Waals surface area contributed by atoms with Gasteiger partial charge in [-0.25, -0.2) is 21.6 Å². The number of piperidine rings is 2. The first kappa shape index (κ1) is 53.9. The molecule has 0 aromatic heterocycles. The van der Waals surface area contributed by atoms with Crippen molar-refractivity contribution in [2.45, 2.75) is 76.1 Å². The number of sulfonamides is 2. The van der Waals surface area contributed by atoms with Crippen LogP contribution in [0.3, 0.4) is 0 Å². The average molecular weight is 968 g/mol. The van der Waals surface area contributed by atoms with Crippen molar-refractivity contribution in [1.82, 2.24) is 15.1 Å². The van der Waals surface area contributed by atoms with Gasteiger partial charge < -0.3 is 44.5 Å². The van der Waals surface area contributed by atoms with E-state index in [1.807, 2.05) is 20.8 Å². The second-order valence-electron chi connectivity index (χ2n) is 17.1. The quantitative estimate of drug-likeness (QED) is 0.184. The summed E-state index contributed by atoms with van der Waals surface area (Å²) in [7, 11) is -6.81. The lowest BCUT2D eigenvalue weighted by Gasteiger charge is -2.44. The Morgan fingerprint density at radius 3 is 1.51 bits per heavy atom. The second-order valence-corrected chi connectivity index (χ2v) is 20.6. The third-order valence-corrected chi connectivity index (χ3v) is 11.8. The first-order chi connectivity index (χ1) is 28.6. The number of carbonyl (C=O) groups excluding carboxylic acids is 3. The highest BCUT2D eigenvalue weighted by Crippen LogP contribution is 2.42. The topological polar surface area (TPSA) is 234 Å². The molecule has 4 aliphatic heterocycles. The van der Waals surface area contributed by atoms with E-state index in [-0.39, 0.29) is 42.8 Å². The van der Waals surface area contributed by atoms with Crippen molar-refractivity contribution < 1.29 is 54.9 Å². The average Bonchev–Trinajstić information content (AvgIpc) is 3.15. The molecule has 1 amide bonds. The highest BCUT2D eigenvalue weighted by molar-refractivity contribution is 7.92. The fourth-order valence-electron chi connectivity index (χ4n) is 7.68. The molecule has 2 aromatic carbocycles. The minimum atomic E-state index is -3.42. The van der Waals surface area contributed by atoms with Gasteiger partial charge >= 0.3 is 6.09 Å². The van der Waals surface area contributed by atoms with E-state index in [1.165, 1.54) is 6.07 Å². The SMILES string of the molecule is CC(C)(C)OC(=O)NCCOCCN1CCC2(CC1)CC(=O)c1cc(NS(C)(=O)=O)ccc1O2.CS(=O)(=O)Nc1ccc2c(c1)C(=O)CC1(CCN(CCOCCN)CC1)O2.Cl.Cl. The maximum absolute atomic E-state index is 12.8. The zero-order valence-corrected chi connectivity index (χ0v) is 40.0. The summed E-state index contributed by atoms with van der Waals surface area (Å²) in [6, 6.07) is 9.65. The maximum atomic E-state index is 12.8. The maximum Gasteiger partial charge on any atom is 0.407 e. The van der Waals surface area contributed by atoms with Gasteiger partial charge in [-0.15, -0.1) is 24.8 Å². The molecule has 18 nitrogen and oxygen atoms in total. The number of nitrogens with two attached hydrogens (primary N) is 1. The molecule has 22 heteroatoms. The number of hydrogen-bond donors (Lipinski definition) is 4. The van der Waals surface area contributed by atoms with E-state index in [4.69, 9.17) is 29.4 Å². The highest BCUT2D eigenvalue weighted by atomic mass is 35.5. The minimum Gasteiger partial charge on any atom is -0.486 e. The molecule has 4 heterocycles. The van der Waals surface area contributed by atoms with Gasteiger partial charge in [0, 0.05) is 89.4 Å². The molecule has 2 aromatic rings. The van der Waals surface area contributed by atoms with Gasteiger partial charge in [0.25, 0.3) is 0 Å².